The molecule has 1 unspecified atom stereocenters. The Kier molecular flexibility index (Phi) is 6.19. The molecule has 0 aliphatic carbocycles. The van der Waals surface area contributed by atoms with Crippen LogP contribution in [0.5, 0.6) is 0 Å². The number of carbonyl (C=O) groups is 1. The smallest absolute Gasteiger partial charge is 0.255 e. The van der Waals surface area contributed by atoms with Crippen molar-refractivity contribution in [3.8, 4) is 0 Å². The Hall–Kier alpha value is -1.37. The Morgan fingerprint density at radius 1 is 1.55 bits per heavy atom. The fraction of sp³-hybridized carbons (Fsp3) is 0.538. The van der Waals surface area contributed by atoms with Gasteiger partial charge in [-0.05, 0) is 34.0 Å². The summed E-state index contributed by atoms with van der Waals surface area (Å²) in [5.74, 6) is 5.54. The van der Waals surface area contributed by atoms with E-state index in [4.69, 9.17) is 17.4 Å². The Balaban J connectivity index is 2.93. The van der Waals surface area contributed by atoms with E-state index in [0.29, 0.717) is 22.9 Å². The highest BCUT2D eigenvalue weighted by Gasteiger charge is 2.21. The van der Waals surface area contributed by atoms with Crippen molar-refractivity contribution in [1.82, 2.24) is 14.8 Å². The number of pyridine rings is 1. The van der Waals surface area contributed by atoms with Gasteiger partial charge in [-0.2, -0.15) is 0 Å². The van der Waals surface area contributed by atoms with Gasteiger partial charge in [0.1, 0.15) is 0 Å². The fourth-order valence-electron chi connectivity index (χ4n) is 2.11. The molecule has 0 aromatic carbocycles. The van der Waals surface area contributed by atoms with Gasteiger partial charge in [0.2, 0.25) is 0 Å². The first-order valence-corrected chi connectivity index (χ1v) is 6.86. The molecule has 0 aliphatic rings. The Morgan fingerprint density at radius 3 is 2.65 bits per heavy atom. The third-order valence-electron chi connectivity index (χ3n) is 2.99. The molecule has 112 valence electrons. The van der Waals surface area contributed by atoms with Gasteiger partial charge in [-0.25, -0.2) is 10.8 Å². The largest absolute Gasteiger partial charge is 0.335 e. The average Bonchev–Trinajstić information content (AvgIpc) is 2.38. The number of hydrazine groups is 1. The molecule has 0 radical (unpaired) electrons. The van der Waals surface area contributed by atoms with Gasteiger partial charge in [0.15, 0.2) is 5.82 Å². The minimum atomic E-state index is -0.0835. The molecule has 0 saturated heterocycles. The van der Waals surface area contributed by atoms with Crippen molar-refractivity contribution in [2.24, 2.45) is 5.84 Å². The molecule has 3 N–H and O–H groups in total. The molecule has 1 heterocycles. The van der Waals surface area contributed by atoms with Gasteiger partial charge in [-0.1, -0.05) is 11.6 Å². The summed E-state index contributed by atoms with van der Waals surface area (Å²) in [5.41, 5.74) is 2.84. The number of carbonyl (C=O) groups excluding carboxylic acids is 1. The molecule has 1 aromatic rings. The van der Waals surface area contributed by atoms with Crippen LogP contribution in [0.25, 0.3) is 0 Å². The van der Waals surface area contributed by atoms with Crippen molar-refractivity contribution < 1.29 is 4.79 Å². The molecule has 1 aromatic heterocycles. The van der Waals surface area contributed by atoms with Crippen LogP contribution >= 0.6 is 11.6 Å². The van der Waals surface area contributed by atoms with Gasteiger partial charge in [0, 0.05) is 25.3 Å². The lowest BCUT2D eigenvalue weighted by molar-refractivity contribution is 0.0678. The quantitative estimate of drug-likeness (QED) is 0.614. The second-order valence-corrected chi connectivity index (χ2v) is 5.31. The zero-order chi connectivity index (χ0) is 15.3. The summed E-state index contributed by atoms with van der Waals surface area (Å²) < 4.78 is 0. The lowest BCUT2D eigenvalue weighted by atomic mass is 10.2. The Bertz CT molecular complexity index is 466. The maximum absolute atomic E-state index is 12.5. The molecule has 7 heteroatoms. The van der Waals surface area contributed by atoms with Crippen LogP contribution in [0.4, 0.5) is 5.82 Å². The number of nitrogen functional groups attached to an aromatic ring is 1. The number of halogens is 1. The lowest BCUT2D eigenvalue weighted by Crippen LogP contribution is -2.43. The molecule has 0 aliphatic heterocycles. The molecule has 0 bridgehead atoms. The molecular weight excluding hydrogens is 278 g/mol. The molecule has 0 saturated carbocycles. The summed E-state index contributed by atoms with van der Waals surface area (Å²) in [4.78, 5) is 20.4. The minimum Gasteiger partial charge on any atom is -0.335 e. The highest BCUT2D eigenvalue weighted by Crippen LogP contribution is 2.20. The van der Waals surface area contributed by atoms with Crippen LogP contribution in [-0.2, 0) is 0 Å². The molecule has 0 fully saturated rings. The maximum Gasteiger partial charge on any atom is 0.255 e. The van der Waals surface area contributed by atoms with Crippen molar-refractivity contribution in [2.75, 3.05) is 32.6 Å². The lowest BCUT2D eigenvalue weighted by Gasteiger charge is -2.30. The van der Waals surface area contributed by atoms with E-state index in [9.17, 15) is 4.79 Å². The third kappa shape index (κ3) is 4.06. The first kappa shape index (κ1) is 16.7. The van der Waals surface area contributed by atoms with E-state index >= 15 is 0 Å². The van der Waals surface area contributed by atoms with Crippen LogP contribution in [-0.4, -0.2) is 53.9 Å². The summed E-state index contributed by atoms with van der Waals surface area (Å²) in [6.07, 6.45) is 1.48. The van der Waals surface area contributed by atoms with E-state index in [1.54, 1.807) is 11.0 Å². The molecule has 6 nitrogen and oxygen atoms in total. The van der Waals surface area contributed by atoms with E-state index in [1.165, 1.54) is 6.20 Å². The summed E-state index contributed by atoms with van der Waals surface area (Å²) in [7, 11) is 3.96. The van der Waals surface area contributed by atoms with E-state index in [2.05, 4.69) is 10.4 Å². The summed E-state index contributed by atoms with van der Waals surface area (Å²) in [6, 6.07) is 1.69. The van der Waals surface area contributed by atoms with Crippen LogP contribution in [0.15, 0.2) is 12.3 Å². The topological polar surface area (TPSA) is 74.5 Å². The second-order valence-electron chi connectivity index (χ2n) is 4.90. The number of likely N-dealkylation sites (N-methyl/N-ethyl adjacent to an activating group) is 2. The van der Waals surface area contributed by atoms with Gasteiger partial charge >= 0.3 is 0 Å². The summed E-state index contributed by atoms with van der Waals surface area (Å²) >= 11 is 6.00. The normalized spacial score (nSPS) is 12.3. The van der Waals surface area contributed by atoms with E-state index in [1.807, 2.05) is 32.8 Å². The monoisotopic (exact) mass is 299 g/mol. The number of aromatic nitrogens is 1. The zero-order valence-corrected chi connectivity index (χ0v) is 13.1. The SMILES string of the molecule is CCN(C(=O)c1cnc(NN)c(Cl)c1)C(C)CN(C)C. The zero-order valence-electron chi connectivity index (χ0n) is 12.4. The number of nitrogens with one attached hydrogen (secondary N) is 1. The van der Waals surface area contributed by atoms with Crippen LogP contribution < -0.4 is 11.3 Å². The van der Waals surface area contributed by atoms with Gasteiger partial charge < -0.3 is 15.2 Å². The van der Waals surface area contributed by atoms with Crippen LogP contribution in [0.3, 0.4) is 0 Å². The Morgan fingerprint density at radius 2 is 2.20 bits per heavy atom. The molecular formula is C13H22ClN5O. The predicted octanol–water partition coefficient (Wildman–Crippen LogP) is 1.43. The number of rotatable bonds is 6. The molecule has 1 atom stereocenters. The van der Waals surface area contributed by atoms with Crippen LogP contribution in [0, 0.1) is 0 Å². The van der Waals surface area contributed by atoms with Gasteiger partial charge in [0.25, 0.3) is 5.91 Å². The number of nitrogens with two attached hydrogens (primary N) is 1. The maximum atomic E-state index is 12.5. The third-order valence-corrected chi connectivity index (χ3v) is 3.28. The first-order valence-electron chi connectivity index (χ1n) is 6.48. The molecule has 20 heavy (non-hydrogen) atoms. The van der Waals surface area contributed by atoms with Crippen molar-refractivity contribution in [3.63, 3.8) is 0 Å². The number of anilines is 1. The van der Waals surface area contributed by atoms with Crippen molar-refractivity contribution in [2.45, 2.75) is 19.9 Å². The summed E-state index contributed by atoms with van der Waals surface area (Å²) in [6.45, 7) is 5.40. The van der Waals surface area contributed by atoms with Crippen molar-refractivity contribution in [3.05, 3.63) is 22.8 Å². The predicted molar refractivity (Wildman–Crippen MR) is 81.8 cm³/mol. The molecule has 1 rings (SSSR count). The van der Waals surface area contributed by atoms with Crippen molar-refractivity contribution in [1.29, 1.82) is 0 Å². The number of nitrogens with zero attached hydrogens (tertiary/aromatic N) is 3. The van der Waals surface area contributed by atoms with Crippen LogP contribution in [0.2, 0.25) is 5.02 Å². The molecule has 0 spiro atoms. The standard InChI is InChI=1S/C13H22ClN5O/c1-5-19(9(2)8-18(3)4)13(20)10-6-11(14)12(17-15)16-7-10/h6-7,9H,5,8,15H2,1-4H3,(H,16,17). The highest BCUT2D eigenvalue weighted by molar-refractivity contribution is 6.33. The average molecular weight is 300 g/mol. The van der Waals surface area contributed by atoms with Crippen LogP contribution in [0.1, 0.15) is 24.2 Å². The number of amides is 1. The number of hydrogen-bond donors (Lipinski definition) is 2. The van der Waals surface area contributed by atoms with E-state index in [-0.39, 0.29) is 11.9 Å². The second kappa shape index (κ2) is 7.42. The van der Waals surface area contributed by atoms with E-state index in [0.717, 1.165) is 6.54 Å². The fourth-order valence-corrected chi connectivity index (χ4v) is 2.33. The van der Waals surface area contributed by atoms with Crippen molar-refractivity contribution >= 4 is 23.3 Å². The Labute approximate surface area is 124 Å². The van der Waals surface area contributed by atoms with Gasteiger partial charge in [-0.3, -0.25) is 4.79 Å². The number of hydrogen-bond acceptors (Lipinski definition) is 5. The summed E-state index contributed by atoms with van der Waals surface area (Å²) in [5, 5.41) is 0.328. The van der Waals surface area contributed by atoms with Gasteiger partial charge in [-0.15, -0.1) is 0 Å². The van der Waals surface area contributed by atoms with E-state index < -0.39 is 0 Å². The minimum absolute atomic E-state index is 0.0835. The first-order chi connectivity index (χ1) is 9.40. The molecule has 1 amide bonds. The highest BCUT2D eigenvalue weighted by atomic mass is 35.5. The van der Waals surface area contributed by atoms with Gasteiger partial charge in [0.05, 0.1) is 10.6 Å².